The normalized spacial score (nSPS) is 14.6. The number of benzene rings is 2. The zero-order valence-electron chi connectivity index (χ0n) is 19.1. The molecule has 4 rings (SSSR count). The molecule has 1 atom stereocenters. The van der Waals surface area contributed by atoms with Gasteiger partial charge in [-0.1, -0.05) is 24.3 Å². The molecule has 0 saturated carbocycles. The average Bonchev–Trinajstić information content (AvgIpc) is 3.19. The van der Waals surface area contributed by atoms with E-state index in [0.717, 1.165) is 28.1 Å². The fourth-order valence-electron chi connectivity index (χ4n) is 3.87. The van der Waals surface area contributed by atoms with Crippen molar-refractivity contribution in [2.24, 2.45) is 5.73 Å². The first-order chi connectivity index (χ1) is 16.4. The van der Waals surface area contributed by atoms with Crippen LogP contribution >= 0.6 is 0 Å². The van der Waals surface area contributed by atoms with E-state index in [0.29, 0.717) is 24.0 Å². The van der Waals surface area contributed by atoms with Crippen LogP contribution < -0.4 is 25.3 Å². The fraction of sp³-hybridized carbons (Fsp3) is 0.240. The molecule has 2 heterocycles. The van der Waals surface area contributed by atoms with Gasteiger partial charge in [0.25, 0.3) is 5.91 Å². The number of nitriles is 1. The third-order valence-electron chi connectivity index (χ3n) is 5.51. The Morgan fingerprint density at radius 1 is 1.24 bits per heavy atom. The Morgan fingerprint density at radius 3 is 2.76 bits per heavy atom. The van der Waals surface area contributed by atoms with Gasteiger partial charge in [-0.2, -0.15) is 5.26 Å². The van der Waals surface area contributed by atoms with Crippen molar-refractivity contribution >= 4 is 11.6 Å². The molecule has 1 aliphatic heterocycles. The second kappa shape index (κ2) is 9.58. The van der Waals surface area contributed by atoms with Crippen LogP contribution in [0.1, 0.15) is 35.2 Å². The van der Waals surface area contributed by atoms with Gasteiger partial charge in [-0.3, -0.25) is 9.89 Å². The number of amides is 1. The molecule has 9 heteroatoms. The molecular weight excluding hydrogens is 434 g/mol. The number of aromatic amines is 1. The molecule has 34 heavy (non-hydrogen) atoms. The molecule has 0 saturated heterocycles. The average molecular weight is 460 g/mol. The minimum Gasteiger partial charge on any atom is -0.490 e. The summed E-state index contributed by atoms with van der Waals surface area (Å²) in [4.78, 5) is 12.4. The highest BCUT2D eigenvalue weighted by atomic mass is 16.5. The van der Waals surface area contributed by atoms with Gasteiger partial charge in [0.15, 0.2) is 18.1 Å². The van der Waals surface area contributed by atoms with Gasteiger partial charge in [0.1, 0.15) is 11.6 Å². The molecule has 0 fully saturated rings. The van der Waals surface area contributed by atoms with E-state index in [-0.39, 0.29) is 24.0 Å². The fourth-order valence-corrected chi connectivity index (χ4v) is 3.87. The van der Waals surface area contributed by atoms with E-state index in [2.05, 4.69) is 21.6 Å². The summed E-state index contributed by atoms with van der Waals surface area (Å²) in [6.07, 6.45) is 0. The number of fused-ring (bicyclic) bond motifs is 1. The smallest absolute Gasteiger partial charge is 0.262 e. The second-order valence-electron chi connectivity index (χ2n) is 7.78. The predicted molar refractivity (Wildman–Crippen MR) is 126 cm³/mol. The Kier molecular flexibility index (Phi) is 6.41. The van der Waals surface area contributed by atoms with Gasteiger partial charge in [0, 0.05) is 16.9 Å². The molecule has 0 radical (unpaired) electrons. The Labute approximate surface area is 197 Å². The van der Waals surface area contributed by atoms with Crippen LogP contribution in [0.3, 0.4) is 0 Å². The molecule has 1 amide bonds. The number of carbonyl (C=O) groups excluding carboxylic acids is 1. The van der Waals surface area contributed by atoms with Crippen molar-refractivity contribution in [2.45, 2.75) is 26.7 Å². The number of nitrogens with two attached hydrogens (primary N) is 1. The SMILES string of the molecule is CCOc1cc(C2C(C#N)=C(N)Oc3n[nH]c(C)c32)ccc1OCC(=O)Nc1ccccc1C. The van der Waals surface area contributed by atoms with Crippen LogP contribution in [-0.4, -0.2) is 29.3 Å². The zero-order valence-corrected chi connectivity index (χ0v) is 19.1. The number of ether oxygens (including phenoxy) is 3. The Balaban J connectivity index is 1.60. The van der Waals surface area contributed by atoms with Crippen molar-refractivity contribution in [3.8, 4) is 23.4 Å². The zero-order chi connectivity index (χ0) is 24.2. The molecule has 3 aromatic rings. The van der Waals surface area contributed by atoms with Crippen LogP contribution in [0.25, 0.3) is 0 Å². The number of H-pyrrole nitrogens is 1. The van der Waals surface area contributed by atoms with E-state index in [4.69, 9.17) is 19.9 Å². The van der Waals surface area contributed by atoms with Crippen molar-refractivity contribution in [1.29, 1.82) is 5.26 Å². The molecule has 0 aliphatic carbocycles. The summed E-state index contributed by atoms with van der Waals surface area (Å²) in [6.45, 7) is 5.83. The first kappa shape index (κ1) is 22.7. The maximum atomic E-state index is 12.4. The van der Waals surface area contributed by atoms with Gasteiger partial charge < -0.3 is 25.3 Å². The minimum absolute atomic E-state index is 0.0117. The summed E-state index contributed by atoms with van der Waals surface area (Å²) in [7, 11) is 0. The number of aryl methyl sites for hydroxylation is 2. The lowest BCUT2D eigenvalue weighted by Crippen LogP contribution is -2.21. The number of hydrogen-bond donors (Lipinski definition) is 3. The molecule has 9 nitrogen and oxygen atoms in total. The molecule has 0 spiro atoms. The summed E-state index contributed by atoms with van der Waals surface area (Å²) in [6, 6.07) is 15.0. The highest BCUT2D eigenvalue weighted by Gasteiger charge is 2.34. The van der Waals surface area contributed by atoms with Gasteiger partial charge in [0.05, 0.1) is 12.5 Å². The molecular formula is C25H25N5O4. The molecule has 4 N–H and O–H groups in total. The van der Waals surface area contributed by atoms with Crippen LogP contribution in [0.4, 0.5) is 5.69 Å². The van der Waals surface area contributed by atoms with Crippen LogP contribution in [0.5, 0.6) is 17.4 Å². The number of allylic oxidation sites excluding steroid dienone is 1. The number of aromatic nitrogens is 2. The standard InChI is InChI=1S/C25H25N5O4/c1-4-32-20-11-16(23-17(12-26)24(27)34-25-22(23)15(3)29-30-25)9-10-19(20)33-13-21(31)28-18-8-6-5-7-14(18)2/h5-11,23H,4,13,27H2,1-3H3,(H,28,31)(H,29,30). The Bertz CT molecular complexity index is 1300. The van der Waals surface area contributed by atoms with Crippen molar-refractivity contribution in [2.75, 3.05) is 18.5 Å². The summed E-state index contributed by atoms with van der Waals surface area (Å²) in [5.41, 5.74) is 10.2. The lowest BCUT2D eigenvalue weighted by atomic mass is 9.84. The van der Waals surface area contributed by atoms with Crippen LogP contribution in [0.2, 0.25) is 0 Å². The van der Waals surface area contributed by atoms with Crippen LogP contribution in [0, 0.1) is 25.2 Å². The quantitative estimate of drug-likeness (QED) is 0.491. The van der Waals surface area contributed by atoms with E-state index in [1.165, 1.54) is 0 Å². The second-order valence-corrected chi connectivity index (χ2v) is 7.78. The minimum atomic E-state index is -0.481. The van der Waals surface area contributed by atoms with Crippen molar-refractivity contribution < 1.29 is 19.0 Å². The van der Waals surface area contributed by atoms with Gasteiger partial charge >= 0.3 is 0 Å². The van der Waals surface area contributed by atoms with E-state index in [9.17, 15) is 10.1 Å². The predicted octanol–water partition coefficient (Wildman–Crippen LogP) is 3.66. The molecule has 2 aromatic carbocycles. The van der Waals surface area contributed by atoms with E-state index in [1.54, 1.807) is 12.1 Å². The van der Waals surface area contributed by atoms with Crippen LogP contribution in [-0.2, 0) is 4.79 Å². The van der Waals surface area contributed by atoms with Gasteiger partial charge in [-0.05, 0) is 50.1 Å². The summed E-state index contributed by atoms with van der Waals surface area (Å²) in [5.74, 6) is 0.449. The molecule has 174 valence electrons. The number of carbonyl (C=O) groups is 1. The molecule has 1 aliphatic rings. The Hall–Kier alpha value is -4.45. The largest absolute Gasteiger partial charge is 0.490 e. The third kappa shape index (κ3) is 4.38. The van der Waals surface area contributed by atoms with Crippen molar-refractivity contribution in [3.63, 3.8) is 0 Å². The lowest BCUT2D eigenvalue weighted by Gasteiger charge is -2.24. The summed E-state index contributed by atoms with van der Waals surface area (Å²) < 4.78 is 17.1. The number of hydrogen-bond acceptors (Lipinski definition) is 7. The number of anilines is 1. The topological polar surface area (TPSA) is 135 Å². The lowest BCUT2D eigenvalue weighted by molar-refractivity contribution is -0.118. The number of nitrogens with zero attached hydrogens (tertiary/aromatic N) is 2. The summed E-state index contributed by atoms with van der Waals surface area (Å²) in [5, 5.41) is 19.6. The first-order valence-corrected chi connectivity index (χ1v) is 10.8. The number of rotatable bonds is 7. The summed E-state index contributed by atoms with van der Waals surface area (Å²) >= 11 is 0. The van der Waals surface area contributed by atoms with Gasteiger partial charge in [0.2, 0.25) is 11.8 Å². The van der Waals surface area contributed by atoms with E-state index < -0.39 is 5.92 Å². The molecule has 1 unspecified atom stereocenters. The highest BCUT2D eigenvalue weighted by Crippen LogP contribution is 2.44. The first-order valence-electron chi connectivity index (χ1n) is 10.8. The Morgan fingerprint density at radius 2 is 2.03 bits per heavy atom. The number of nitrogens with one attached hydrogen (secondary N) is 2. The van der Waals surface area contributed by atoms with Gasteiger partial charge in [-0.25, -0.2) is 0 Å². The maximum Gasteiger partial charge on any atom is 0.262 e. The number of para-hydroxylation sites is 1. The van der Waals surface area contributed by atoms with E-state index in [1.807, 2.05) is 51.1 Å². The van der Waals surface area contributed by atoms with Crippen molar-refractivity contribution in [1.82, 2.24) is 10.2 Å². The molecule has 0 bridgehead atoms. The van der Waals surface area contributed by atoms with E-state index >= 15 is 0 Å². The van der Waals surface area contributed by atoms with Gasteiger partial charge in [-0.15, -0.1) is 5.10 Å². The molecule has 1 aromatic heterocycles. The van der Waals surface area contributed by atoms with Crippen LogP contribution in [0.15, 0.2) is 53.9 Å². The maximum absolute atomic E-state index is 12.4. The monoisotopic (exact) mass is 459 g/mol. The third-order valence-corrected chi connectivity index (χ3v) is 5.51. The van der Waals surface area contributed by atoms with Crippen molar-refractivity contribution in [3.05, 3.63) is 76.3 Å². The highest BCUT2D eigenvalue weighted by molar-refractivity contribution is 5.92.